The molecule has 1 aromatic carbocycles. The van der Waals surface area contributed by atoms with Gasteiger partial charge in [0.15, 0.2) is 0 Å². The Balaban J connectivity index is 2.58. The van der Waals surface area contributed by atoms with Crippen LogP contribution in [0.25, 0.3) is 11.3 Å². The Bertz CT molecular complexity index is 643. The standard InChI is InChI=1S/C14H18BrN3O/c1-9-4-5-10(15)8-12(9)13-11(6-7-16-2)14(19)18(3)17-13/h4-5,8,16-17H,6-7H2,1-3H3. The van der Waals surface area contributed by atoms with Crippen molar-refractivity contribution in [2.45, 2.75) is 13.3 Å². The highest BCUT2D eigenvalue weighted by atomic mass is 79.9. The average molecular weight is 324 g/mol. The SMILES string of the molecule is CNCCc1c(-c2cc(Br)ccc2C)[nH]n(C)c1=O. The van der Waals surface area contributed by atoms with E-state index < -0.39 is 0 Å². The lowest BCUT2D eigenvalue weighted by Gasteiger charge is -2.07. The summed E-state index contributed by atoms with van der Waals surface area (Å²) in [5.74, 6) is 0. The number of nitrogens with zero attached hydrogens (tertiary/aromatic N) is 1. The van der Waals surface area contributed by atoms with Crippen molar-refractivity contribution in [2.75, 3.05) is 13.6 Å². The normalized spacial score (nSPS) is 10.9. The highest BCUT2D eigenvalue weighted by molar-refractivity contribution is 9.10. The summed E-state index contributed by atoms with van der Waals surface area (Å²) >= 11 is 3.48. The van der Waals surface area contributed by atoms with Crippen LogP contribution in [-0.2, 0) is 13.5 Å². The molecule has 102 valence electrons. The van der Waals surface area contributed by atoms with Crippen LogP contribution in [0.4, 0.5) is 0 Å². The van der Waals surface area contributed by atoms with Gasteiger partial charge in [-0.1, -0.05) is 22.0 Å². The van der Waals surface area contributed by atoms with Crippen molar-refractivity contribution in [3.63, 3.8) is 0 Å². The number of aromatic nitrogens is 2. The monoisotopic (exact) mass is 323 g/mol. The number of rotatable bonds is 4. The Morgan fingerprint density at radius 3 is 2.84 bits per heavy atom. The van der Waals surface area contributed by atoms with Crippen LogP contribution < -0.4 is 10.9 Å². The van der Waals surface area contributed by atoms with Crippen LogP contribution in [0.5, 0.6) is 0 Å². The van der Waals surface area contributed by atoms with Gasteiger partial charge >= 0.3 is 0 Å². The van der Waals surface area contributed by atoms with Gasteiger partial charge in [-0.05, 0) is 44.6 Å². The van der Waals surface area contributed by atoms with Crippen LogP contribution in [0.3, 0.4) is 0 Å². The lowest BCUT2D eigenvalue weighted by atomic mass is 10.0. The fraction of sp³-hybridized carbons (Fsp3) is 0.357. The van der Waals surface area contributed by atoms with Gasteiger partial charge in [0.25, 0.3) is 5.56 Å². The fourth-order valence-electron chi connectivity index (χ4n) is 2.16. The van der Waals surface area contributed by atoms with Gasteiger partial charge in [0, 0.05) is 22.6 Å². The quantitative estimate of drug-likeness (QED) is 0.906. The van der Waals surface area contributed by atoms with Gasteiger partial charge in [-0.2, -0.15) is 0 Å². The summed E-state index contributed by atoms with van der Waals surface area (Å²) in [6.45, 7) is 2.84. The van der Waals surface area contributed by atoms with E-state index in [2.05, 4.69) is 33.3 Å². The molecule has 0 aliphatic rings. The smallest absolute Gasteiger partial charge is 0.270 e. The Morgan fingerprint density at radius 1 is 1.42 bits per heavy atom. The van der Waals surface area contributed by atoms with Gasteiger partial charge < -0.3 is 5.32 Å². The molecule has 0 aliphatic carbocycles. The molecule has 0 amide bonds. The zero-order chi connectivity index (χ0) is 14.0. The summed E-state index contributed by atoms with van der Waals surface area (Å²) < 4.78 is 2.55. The molecule has 2 rings (SSSR count). The van der Waals surface area contributed by atoms with Crippen molar-refractivity contribution >= 4 is 15.9 Å². The molecule has 0 radical (unpaired) electrons. The number of halogens is 1. The van der Waals surface area contributed by atoms with E-state index in [9.17, 15) is 4.79 Å². The third kappa shape index (κ3) is 2.82. The molecule has 0 saturated heterocycles. The van der Waals surface area contributed by atoms with E-state index in [1.165, 1.54) is 0 Å². The summed E-state index contributed by atoms with van der Waals surface area (Å²) in [4.78, 5) is 12.2. The first-order valence-electron chi connectivity index (χ1n) is 6.23. The molecule has 0 bridgehead atoms. The second kappa shape index (κ2) is 5.75. The fourth-order valence-corrected chi connectivity index (χ4v) is 2.52. The number of nitrogens with one attached hydrogen (secondary N) is 2. The molecule has 5 heteroatoms. The minimum Gasteiger partial charge on any atom is -0.319 e. The van der Waals surface area contributed by atoms with Gasteiger partial charge in [-0.25, -0.2) is 0 Å². The number of aryl methyl sites for hydroxylation is 2. The minimum absolute atomic E-state index is 0.0459. The third-order valence-corrected chi connectivity index (χ3v) is 3.73. The molecule has 0 atom stereocenters. The minimum atomic E-state index is 0.0459. The first-order valence-corrected chi connectivity index (χ1v) is 7.03. The molecule has 2 aromatic rings. The second-order valence-electron chi connectivity index (χ2n) is 4.64. The van der Waals surface area contributed by atoms with E-state index in [1.807, 2.05) is 25.2 Å². The average Bonchev–Trinajstić information content (AvgIpc) is 2.66. The van der Waals surface area contributed by atoms with E-state index in [0.29, 0.717) is 6.42 Å². The van der Waals surface area contributed by atoms with Crippen LogP contribution in [0.2, 0.25) is 0 Å². The lowest BCUT2D eigenvalue weighted by molar-refractivity contribution is 0.734. The van der Waals surface area contributed by atoms with Crippen molar-refractivity contribution in [2.24, 2.45) is 7.05 Å². The topological polar surface area (TPSA) is 49.8 Å². The second-order valence-corrected chi connectivity index (χ2v) is 5.56. The summed E-state index contributed by atoms with van der Waals surface area (Å²) in [6.07, 6.45) is 0.716. The molecule has 0 aliphatic heterocycles. The zero-order valence-corrected chi connectivity index (χ0v) is 13.0. The number of hydrogen-bond donors (Lipinski definition) is 2. The molecule has 4 nitrogen and oxygen atoms in total. The van der Waals surface area contributed by atoms with Crippen LogP contribution in [-0.4, -0.2) is 23.4 Å². The highest BCUT2D eigenvalue weighted by Gasteiger charge is 2.15. The van der Waals surface area contributed by atoms with E-state index in [-0.39, 0.29) is 5.56 Å². The third-order valence-electron chi connectivity index (χ3n) is 3.24. The van der Waals surface area contributed by atoms with Crippen molar-refractivity contribution < 1.29 is 0 Å². The molecule has 1 aromatic heterocycles. The summed E-state index contributed by atoms with van der Waals surface area (Å²) in [5, 5.41) is 6.25. The number of aromatic amines is 1. The first-order chi connectivity index (χ1) is 9.04. The molecule has 2 N–H and O–H groups in total. The highest BCUT2D eigenvalue weighted by Crippen LogP contribution is 2.27. The maximum Gasteiger partial charge on any atom is 0.270 e. The Labute approximate surface area is 120 Å². The Morgan fingerprint density at radius 2 is 2.16 bits per heavy atom. The van der Waals surface area contributed by atoms with Crippen LogP contribution >= 0.6 is 15.9 Å². The van der Waals surface area contributed by atoms with Crippen molar-refractivity contribution in [3.05, 3.63) is 44.2 Å². The molecule has 0 fully saturated rings. The molecule has 0 unspecified atom stereocenters. The molecular formula is C14H18BrN3O. The Hall–Kier alpha value is -1.33. The summed E-state index contributed by atoms with van der Waals surface area (Å²) in [7, 11) is 3.64. The van der Waals surface area contributed by atoms with Gasteiger partial charge in [0.1, 0.15) is 0 Å². The molecule has 0 saturated carbocycles. The van der Waals surface area contributed by atoms with Crippen LogP contribution in [0.1, 0.15) is 11.1 Å². The van der Waals surface area contributed by atoms with E-state index in [1.54, 1.807) is 11.7 Å². The predicted octanol–water partition coefficient (Wildman–Crippen LogP) is 2.21. The molecule has 1 heterocycles. The van der Waals surface area contributed by atoms with Crippen LogP contribution in [0, 0.1) is 6.92 Å². The number of likely N-dealkylation sites (N-methyl/N-ethyl adjacent to an activating group) is 1. The number of hydrogen-bond acceptors (Lipinski definition) is 2. The molecule has 19 heavy (non-hydrogen) atoms. The Kier molecular flexibility index (Phi) is 4.27. The summed E-state index contributed by atoms with van der Waals surface area (Å²) in [5.41, 5.74) is 4.01. The van der Waals surface area contributed by atoms with E-state index in [0.717, 1.165) is 33.4 Å². The van der Waals surface area contributed by atoms with E-state index >= 15 is 0 Å². The maximum absolute atomic E-state index is 12.2. The van der Waals surface area contributed by atoms with Crippen molar-refractivity contribution in [3.8, 4) is 11.3 Å². The zero-order valence-electron chi connectivity index (χ0n) is 11.4. The van der Waals surface area contributed by atoms with Crippen molar-refractivity contribution in [1.29, 1.82) is 0 Å². The van der Waals surface area contributed by atoms with Crippen molar-refractivity contribution in [1.82, 2.24) is 15.1 Å². The van der Waals surface area contributed by atoms with Crippen LogP contribution in [0.15, 0.2) is 27.5 Å². The lowest BCUT2D eigenvalue weighted by Crippen LogP contribution is -2.19. The molecule has 0 spiro atoms. The number of benzene rings is 1. The van der Waals surface area contributed by atoms with Gasteiger partial charge in [-0.15, -0.1) is 0 Å². The van der Waals surface area contributed by atoms with Gasteiger partial charge in [0.2, 0.25) is 0 Å². The van der Waals surface area contributed by atoms with Gasteiger partial charge in [0.05, 0.1) is 5.69 Å². The molecular weight excluding hydrogens is 306 g/mol. The first kappa shape index (κ1) is 14.1. The maximum atomic E-state index is 12.2. The number of H-pyrrole nitrogens is 1. The van der Waals surface area contributed by atoms with Gasteiger partial charge in [-0.3, -0.25) is 14.6 Å². The van der Waals surface area contributed by atoms with E-state index in [4.69, 9.17) is 0 Å². The predicted molar refractivity (Wildman–Crippen MR) is 81.5 cm³/mol. The summed E-state index contributed by atoms with van der Waals surface area (Å²) in [6, 6.07) is 6.10. The largest absolute Gasteiger partial charge is 0.319 e.